The summed E-state index contributed by atoms with van der Waals surface area (Å²) in [6.45, 7) is 6.69. The van der Waals surface area contributed by atoms with Crippen LogP contribution in [0.3, 0.4) is 0 Å². The van der Waals surface area contributed by atoms with Crippen molar-refractivity contribution < 1.29 is 29.6 Å². The Morgan fingerprint density at radius 1 is 0.800 bits per heavy atom. The number of hydrogen-bond acceptors (Lipinski definition) is 6. The van der Waals surface area contributed by atoms with Crippen LogP contribution in [0.25, 0.3) is 0 Å². The smallest absolute Gasteiger partial charge is 0.121 e. The van der Waals surface area contributed by atoms with Crippen LogP contribution in [-0.4, -0.2) is 76.9 Å². The number of aromatic hydroxyl groups is 1. The van der Waals surface area contributed by atoms with Crippen molar-refractivity contribution in [3.8, 4) is 5.75 Å². The van der Waals surface area contributed by atoms with Gasteiger partial charge in [0.25, 0.3) is 0 Å². The Bertz CT molecular complexity index is 1230. The molecule has 3 aliphatic heterocycles. The van der Waals surface area contributed by atoms with Gasteiger partial charge in [-0.2, -0.15) is 0 Å². The number of hydrogen-bond donors (Lipinski definition) is 5. The average Bonchev–Trinajstić information content (AvgIpc) is 3.71. The Morgan fingerprint density at radius 3 is 2.06 bits per heavy atom. The number of nitrogens with one attached hydrogen (secondary N) is 1. The van der Waals surface area contributed by atoms with Gasteiger partial charge in [0.2, 0.25) is 0 Å². The van der Waals surface area contributed by atoms with Crippen LogP contribution >= 0.6 is 0 Å². The molecule has 6 rings (SSSR count). The lowest BCUT2D eigenvalue weighted by molar-refractivity contribution is -0.946. The molecule has 3 saturated heterocycles. The van der Waals surface area contributed by atoms with Crippen molar-refractivity contribution in [2.24, 2.45) is 11.8 Å². The van der Waals surface area contributed by atoms with Crippen molar-refractivity contribution in [1.82, 2.24) is 5.32 Å². The number of phenols is 1. The largest absolute Gasteiger partial charge is 0.508 e. The molecule has 1 aliphatic carbocycles. The minimum Gasteiger partial charge on any atom is -0.508 e. The average molecular weight is 694 g/mol. The maximum atomic E-state index is 12.0. The van der Waals surface area contributed by atoms with Gasteiger partial charge in [-0.1, -0.05) is 107 Å². The number of fused-ring (bicyclic) bond motifs is 3. The summed E-state index contributed by atoms with van der Waals surface area (Å²) in [5.74, 6) is 1.04. The Balaban J connectivity index is 0.860. The standard InChI is InChI=1S/C43H68N2O5/c46-33-37-30-36(22-23-40(37)47)41(48)31-44-26-16-9-7-5-3-1-2-4-6-8-10-17-27-45-28-24-35(25-29-45)42(32-45)50-34-43(49,39-20-14-15-21-39)38-18-12-11-13-19-38/h11-13,18-19,22-23,30,35,39,41-42,44,46,48-49H,1-10,14-17,20-21,24-29,31-34H2/p+1/t35?,41-,42-,43?,45?/m0/s1. The molecule has 50 heavy (non-hydrogen) atoms. The van der Waals surface area contributed by atoms with E-state index in [9.17, 15) is 20.4 Å². The fraction of sp³-hybridized carbons (Fsp3) is 0.721. The fourth-order valence-electron chi connectivity index (χ4n) is 9.29. The van der Waals surface area contributed by atoms with E-state index in [2.05, 4.69) is 29.6 Å². The summed E-state index contributed by atoms with van der Waals surface area (Å²) in [5, 5.41) is 44.7. The van der Waals surface area contributed by atoms with Crippen molar-refractivity contribution in [1.29, 1.82) is 0 Å². The lowest BCUT2D eigenvalue weighted by Crippen LogP contribution is -2.64. The molecular formula is C43H69N2O5+. The summed E-state index contributed by atoms with van der Waals surface area (Å²) in [7, 11) is 0. The van der Waals surface area contributed by atoms with E-state index < -0.39 is 11.7 Å². The molecule has 0 spiro atoms. The van der Waals surface area contributed by atoms with E-state index in [1.165, 1.54) is 126 Å². The first-order valence-electron chi connectivity index (χ1n) is 20.5. The first-order valence-corrected chi connectivity index (χ1v) is 20.5. The van der Waals surface area contributed by atoms with Gasteiger partial charge < -0.3 is 35.0 Å². The zero-order valence-corrected chi connectivity index (χ0v) is 31.0. The Labute approximate surface area is 303 Å². The molecule has 280 valence electrons. The highest BCUT2D eigenvalue weighted by molar-refractivity contribution is 5.36. The van der Waals surface area contributed by atoms with Gasteiger partial charge in [-0.3, -0.25) is 0 Å². The second-order valence-electron chi connectivity index (χ2n) is 16.2. The van der Waals surface area contributed by atoms with Crippen molar-refractivity contribution in [3.63, 3.8) is 0 Å². The van der Waals surface area contributed by atoms with Crippen LogP contribution in [0.5, 0.6) is 5.75 Å². The molecule has 3 atom stereocenters. The summed E-state index contributed by atoms with van der Waals surface area (Å²) in [6.07, 6.45) is 22.7. The van der Waals surface area contributed by atoms with Crippen molar-refractivity contribution >= 4 is 0 Å². The molecule has 0 amide bonds. The Hall–Kier alpha value is -2.00. The molecule has 2 aromatic rings. The van der Waals surface area contributed by atoms with Crippen LogP contribution in [0.4, 0.5) is 0 Å². The second-order valence-corrected chi connectivity index (χ2v) is 16.2. The molecule has 3 heterocycles. The van der Waals surface area contributed by atoms with Crippen LogP contribution in [-0.2, 0) is 16.9 Å². The number of benzene rings is 2. The molecule has 0 radical (unpaired) electrons. The van der Waals surface area contributed by atoms with Gasteiger partial charge in [-0.25, -0.2) is 0 Å². The summed E-state index contributed by atoms with van der Waals surface area (Å²) in [6, 6.07) is 15.3. The number of quaternary nitrogens is 1. The molecule has 7 nitrogen and oxygen atoms in total. The SMILES string of the molecule is OCc1cc([C@@H](O)CNCCCCCCCCCCCCCC[N+]23CCC(CC2)[C@@H](OCC(O)(c2ccccc2)C2CCCC2)C3)ccc1O. The van der Waals surface area contributed by atoms with E-state index in [1.807, 2.05) is 6.07 Å². The first-order chi connectivity index (χ1) is 24.4. The van der Waals surface area contributed by atoms with Gasteiger partial charge in [0, 0.05) is 30.9 Å². The number of aliphatic hydroxyl groups excluding tert-OH is 2. The quantitative estimate of drug-likeness (QED) is 0.0567. The van der Waals surface area contributed by atoms with Gasteiger partial charge in [0.15, 0.2) is 0 Å². The predicted octanol–water partition coefficient (Wildman–Crippen LogP) is 7.89. The van der Waals surface area contributed by atoms with E-state index >= 15 is 0 Å². The molecule has 1 unspecified atom stereocenters. The van der Waals surface area contributed by atoms with Gasteiger partial charge in [0.1, 0.15) is 24.0 Å². The van der Waals surface area contributed by atoms with Gasteiger partial charge in [-0.05, 0) is 67.8 Å². The topological polar surface area (TPSA) is 102 Å². The van der Waals surface area contributed by atoms with Crippen LogP contribution in [0.2, 0.25) is 0 Å². The minimum atomic E-state index is -0.858. The Kier molecular flexibility index (Phi) is 15.9. The van der Waals surface area contributed by atoms with Crippen molar-refractivity contribution in [3.05, 3.63) is 65.2 Å². The number of ether oxygens (including phenoxy) is 1. The van der Waals surface area contributed by atoms with Crippen LogP contribution in [0.1, 0.15) is 138 Å². The normalized spacial score (nSPS) is 24.1. The number of aliphatic hydroxyl groups is 3. The second kappa shape index (κ2) is 20.3. The number of rotatable bonds is 24. The highest BCUT2D eigenvalue weighted by Gasteiger charge is 2.48. The molecule has 7 heteroatoms. The highest BCUT2D eigenvalue weighted by Crippen LogP contribution is 2.43. The fourth-order valence-corrected chi connectivity index (χ4v) is 9.29. The molecule has 1 saturated carbocycles. The minimum absolute atomic E-state index is 0.0633. The molecular weight excluding hydrogens is 624 g/mol. The summed E-state index contributed by atoms with van der Waals surface area (Å²) < 4.78 is 7.99. The van der Waals surface area contributed by atoms with E-state index in [0.717, 1.165) is 37.9 Å². The van der Waals surface area contributed by atoms with E-state index in [4.69, 9.17) is 4.74 Å². The maximum absolute atomic E-state index is 12.0. The number of unbranched alkanes of at least 4 members (excludes halogenated alkanes) is 11. The molecule has 0 aromatic heterocycles. The summed E-state index contributed by atoms with van der Waals surface area (Å²) in [4.78, 5) is 0. The van der Waals surface area contributed by atoms with Crippen molar-refractivity contribution in [2.75, 3.05) is 45.9 Å². The number of nitrogens with zero attached hydrogens (tertiary/aromatic N) is 1. The van der Waals surface area contributed by atoms with Gasteiger partial charge in [-0.15, -0.1) is 0 Å². The molecule has 4 aliphatic rings. The lowest BCUT2D eigenvalue weighted by atomic mass is 9.80. The summed E-state index contributed by atoms with van der Waals surface area (Å²) >= 11 is 0. The third-order valence-corrected chi connectivity index (χ3v) is 12.6. The van der Waals surface area contributed by atoms with Crippen molar-refractivity contribution in [2.45, 2.75) is 140 Å². The third-order valence-electron chi connectivity index (χ3n) is 12.6. The molecule has 2 aromatic carbocycles. The third kappa shape index (κ3) is 11.2. The zero-order valence-electron chi connectivity index (χ0n) is 31.0. The van der Waals surface area contributed by atoms with Crippen LogP contribution in [0.15, 0.2) is 48.5 Å². The predicted molar refractivity (Wildman–Crippen MR) is 202 cm³/mol. The highest BCUT2D eigenvalue weighted by atomic mass is 16.5. The molecule has 2 bridgehead atoms. The van der Waals surface area contributed by atoms with Gasteiger partial charge >= 0.3 is 0 Å². The number of piperidine rings is 3. The van der Waals surface area contributed by atoms with Crippen LogP contribution in [0, 0.1) is 11.8 Å². The first kappa shape index (κ1) is 39.2. The maximum Gasteiger partial charge on any atom is 0.121 e. The Morgan fingerprint density at radius 2 is 1.42 bits per heavy atom. The monoisotopic (exact) mass is 694 g/mol. The molecule has 4 fully saturated rings. The summed E-state index contributed by atoms with van der Waals surface area (Å²) in [5.41, 5.74) is 1.35. The van der Waals surface area contributed by atoms with E-state index in [-0.39, 0.29) is 12.4 Å². The van der Waals surface area contributed by atoms with E-state index in [0.29, 0.717) is 42.2 Å². The van der Waals surface area contributed by atoms with Crippen LogP contribution < -0.4 is 5.32 Å². The van der Waals surface area contributed by atoms with E-state index in [1.54, 1.807) is 12.1 Å². The molecule has 5 N–H and O–H groups in total. The zero-order chi connectivity index (χ0) is 35.1. The lowest BCUT2D eigenvalue weighted by Gasteiger charge is -2.53. The van der Waals surface area contributed by atoms with Gasteiger partial charge in [0.05, 0.1) is 39.0 Å².